The van der Waals surface area contributed by atoms with Crippen LogP contribution in [0.5, 0.6) is 5.75 Å². The lowest BCUT2D eigenvalue weighted by Gasteiger charge is -2.21. The van der Waals surface area contributed by atoms with Gasteiger partial charge in [0.25, 0.3) is 5.91 Å². The van der Waals surface area contributed by atoms with E-state index in [-0.39, 0.29) is 5.91 Å². The molecule has 0 unspecified atom stereocenters. The van der Waals surface area contributed by atoms with Crippen molar-refractivity contribution in [2.45, 2.75) is 31.3 Å². The van der Waals surface area contributed by atoms with Gasteiger partial charge >= 0.3 is 0 Å². The Kier molecular flexibility index (Phi) is 4.63. The van der Waals surface area contributed by atoms with Crippen LogP contribution in [-0.2, 0) is 0 Å². The van der Waals surface area contributed by atoms with Gasteiger partial charge in [-0.3, -0.25) is 4.79 Å². The molecular weight excluding hydrogens is 312 g/mol. The molecule has 23 heavy (non-hydrogen) atoms. The van der Waals surface area contributed by atoms with Gasteiger partial charge in [-0.1, -0.05) is 12.8 Å². The SMILES string of the molecule is COc1ccc(-c2nc(C(=O)NCC3(O)CCCC3)cs2)cc1. The van der Waals surface area contributed by atoms with Crippen molar-refractivity contribution < 1.29 is 14.6 Å². The van der Waals surface area contributed by atoms with Crippen LogP contribution in [0.15, 0.2) is 29.6 Å². The molecule has 0 spiro atoms. The standard InChI is InChI=1S/C17H20N2O3S/c1-22-13-6-4-12(5-7-13)16-19-14(10-23-16)15(20)18-11-17(21)8-2-3-9-17/h4-7,10,21H,2-3,8-9,11H2,1H3,(H,18,20). The van der Waals surface area contributed by atoms with Crippen LogP contribution in [0.25, 0.3) is 10.6 Å². The van der Waals surface area contributed by atoms with Crippen molar-refractivity contribution in [2.24, 2.45) is 0 Å². The quantitative estimate of drug-likeness (QED) is 0.883. The van der Waals surface area contributed by atoms with Crippen molar-refractivity contribution in [3.05, 3.63) is 35.3 Å². The van der Waals surface area contributed by atoms with E-state index in [0.717, 1.165) is 42.0 Å². The molecule has 1 amide bonds. The fraction of sp³-hybridized carbons (Fsp3) is 0.412. The van der Waals surface area contributed by atoms with Crippen LogP contribution in [0.4, 0.5) is 0 Å². The maximum absolute atomic E-state index is 12.2. The number of carbonyl (C=O) groups excluding carboxylic acids is 1. The van der Waals surface area contributed by atoms with Crippen LogP contribution in [-0.4, -0.2) is 35.3 Å². The number of rotatable bonds is 5. The van der Waals surface area contributed by atoms with Crippen molar-refractivity contribution in [2.75, 3.05) is 13.7 Å². The summed E-state index contributed by atoms with van der Waals surface area (Å²) in [5.74, 6) is 0.550. The number of hydrogen-bond acceptors (Lipinski definition) is 5. The molecule has 122 valence electrons. The number of carbonyl (C=O) groups is 1. The second-order valence-corrected chi connectivity index (χ2v) is 6.74. The number of thiazole rings is 1. The molecule has 3 rings (SSSR count). The summed E-state index contributed by atoms with van der Waals surface area (Å²) < 4.78 is 5.13. The Labute approximate surface area is 139 Å². The molecule has 1 aliphatic carbocycles. The Morgan fingerprint density at radius 2 is 2.04 bits per heavy atom. The number of methoxy groups -OCH3 is 1. The van der Waals surface area contributed by atoms with Crippen molar-refractivity contribution in [1.29, 1.82) is 0 Å². The Balaban J connectivity index is 1.64. The van der Waals surface area contributed by atoms with E-state index in [9.17, 15) is 9.90 Å². The Bertz CT molecular complexity index is 675. The van der Waals surface area contributed by atoms with Gasteiger partial charge in [-0.05, 0) is 37.1 Å². The molecule has 0 bridgehead atoms. The number of hydrogen-bond donors (Lipinski definition) is 2. The zero-order chi connectivity index (χ0) is 16.3. The zero-order valence-electron chi connectivity index (χ0n) is 13.0. The Morgan fingerprint density at radius 3 is 2.70 bits per heavy atom. The van der Waals surface area contributed by atoms with Crippen LogP contribution >= 0.6 is 11.3 Å². The van der Waals surface area contributed by atoms with Crippen LogP contribution < -0.4 is 10.1 Å². The molecule has 2 aromatic rings. The number of ether oxygens (including phenoxy) is 1. The fourth-order valence-electron chi connectivity index (χ4n) is 2.79. The Hall–Kier alpha value is -1.92. The first-order valence-electron chi connectivity index (χ1n) is 7.70. The summed E-state index contributed by atoms with van der Waals surface area (Å²) in [5, 5.41) is 15.6. The smallest absolute Gasteiger partial charge is 0.270 e. The maximum Gasteiger partial charge on any atom is 0.270 e. The third-order valence-electron chi connectivity index (χ3n) is 4.19. The third kappa shape index (κ3) is 3.71. The highest BCUT2D eigenvalue weighted by atomic mass is 32.1. The van der Waals surface area contributed by atoms with Gasteiger partial charge in [0, 0.05) is 17.5 Å². The number of aliphatic hydroxyl groups is 1. The predicted molar refractivity (Wildman–Crippen MR) is 89.9 cm³/mol. The van der Waals surface area contributed by atoms with E-state index in [2.05, 4.69) is 10.3 Å². The van der Waals surface area contributed by atoms with E-state index in [4.69, 9.17) is 4.74 Å². The summed E-state index contributed by atoms with van der Waals surface area (Å²) in [4.78, 5) is 16.6. The predicted octanol–water partition coefficient (Wildman–Crippen LogP) is 2.85. The molecule has 1 aromatic carbocycles. The highest BCUT2D eigenvalue weighted by molar-refractivity contribution is 7.13. The van der Waals surface area contributed by atoms with E-state index in [1.165, 1.54) is 11.3 Å². The fourth-order valence-corrected chi connectivity index (χ4v) is 3.60. The minimum atomic E-state index is -0.746. The van der Waals surface area contributed by atoms with Gasteiger partial charge in [-0.15, -0.1) is 11.3 Å². The van der Waals surface area contributed by atoms with Crippen LogP contribution in [0.2, 0.25) is 0 Å². The topological polar surface area (TPSA) is 71.5 Å². The van der Waals surface area contributed by atoms with E-state index < -0.39 is 5.60 Å². The molecule has 0 saturated heterocycles. The van der Waals surface area contributed by atoms with Gasteiger partial charge < -0.3 is 15.2 Å². The second-order valence-electron chi connectivity index (χ2n) is 5.88. The third-order valence-corrected chi connectivity index (χ3v) is 5.08. The largest absolute Gasteiger partial charge is 0.497 e. The summed E-state index contributed by atoms with van der Waals surface area (Å²) in [5.41, 5.74) is 0.594. The van der Waals surface area contributed by atoms with Crippen LogP contribution in [0.3, 0.4) is 0 Å². The average Bonchev–Trinajstić information content (AvgIpc) is 3.23. The minimum absolute atomic E-state index is 0.235. The maximum atomic E-state index is 12.2. The van der Waals surface area contributed by atoms with Gasteiger partial charge in [-0.25, -0.2) is 4.98 Å². The van der Waals surface area contributed by atoms with Crippen molar-refractivity contribution >= 4 is 17.2 Å². The van der Waals surface area contributed by atoms with E-state index in [0.29, 0.717) is 12.2 Å². The van der Waals surface area contributed by atoms with Crippen molar-refractivity contribution in [1.82, 2.24) is 10.3 Å². The molecule has 1 aliphatic rings. The normalized spacial score (nSPS) is 16.3. The number of nitrogens with zero attached hydrogens (tertiary/aromatic N) is 1. The molecule has 1 fully saturated rings. The Morgan fingerprint density at radius 1 is 1.35 bits per heavy atom. The lowest BCUT2D eigenvalue weighted by atomic mass is 10.0. The summed E-state index contributed by atoms with van der Waals surface area (Å²) in [7, 11) is 1.62. The van der Waals surface area contributed by atoms with Crippen molar-refractivity contribution in [3.8, 4) is 16.3 Å². The minimum Gasteiger partial charge on any atom is -0.497 e. The molecule has 5 nitrogen and oxygen atoms in total. The summed E-state index contributed by atoms with van der Waals surface area (Å²) in [6.45, 7) is 0.293. The first-order chi connectivity index (χ1) is 11.1. The number of amides is 1. The number of nitrogens with one attached hydrogen (secondary N) is 1. The summed E-state index contributed by atoms with van der Waals surface area (Å²) in [6, 6.07) is 7.57. The van der Waals surface area contributed by atoms with Gasteiger partial charge in [-0.2, -0.15) is 0 Å². The monoisotopic (exact) mass is 332 g/mol. The molecule has 1 saturated carbocycles. The number of benzene rings is 1. The molecule has 6 heteroatoms. The van der Waals surface area contributed by atoms with Crippen molar-refractivity contribution in [3.63, 3.8) is 0 Å². The molecule has 2 N–H and O–H groups in total. The van der Waals surface area contributed by atoms with E-state index in [1.807, 2.05) is 24.3 Å². The lowest BCUT2D eigenvalue weighted by molar-refractivity contribution is 0.0449. The average molecular weight is 332 g/mol. The van der Waals surface area contributed by atoms with Gasteiger partial charge in [0.15, 0.2) is 0 Å². The zero-order valence-corrected chi connectivity index (χ0v) is 13.9. The highest BCUT2D eigenvalue weighted by Gasteiger charge is 2.31. The molecule has 1 aromatic heterocycles. The van der Waals surface area contributed by atoms with E-state index >= 15 is 0 Å². The summed E-state index contributed by atoms with van der Waals surface area (Å²) in [6.07, 6.45) is 3.54. The molecule has 0 atom stereocenters. The van der Waals surface area contributed by atoms with Crippen LogP contribution in [0.1, 0.15) is 36.2 Å². The van der Waals surface area contributed by atoms with Gasteiger partial charge in [0.1, 0.15) is 16.5 Å². The van der Waals surface area contributed by atoms with E-state index in [1.54, 1.807) is 12.5 Å². The van der Waals surface area contributed by atoms with Crippen LogP contribution in [0, 0.1) is 0 Å². The van der Waals surface area contributed by atoms with Gasteiger partial charge in [0.05, 0.1) is 12.7 Å². The highest BCUT2D eigenvalue weighted by Crippen LogP contribution is 2.29. The summed E-state index contributed by atoms with van der Waals surface area (Å²) >= 11 is 1.43. The molecule has 0 aliphatic heterocycles. The first-order valence-corrected chi connectivity index (χ1v) is 8.58. The first kappa shape index (κ1) is 16.0. The van der Waals surface area contributed by atoms with Gasteiger partial charge in [0.2, 0.25) is 0 Å². The molecular formula is C17H20N2O3S. The lowest BCUT2D eigenvalue weighted by Crippen LogP contribution is -2.40. The molecule has 0 radical (unpaired) electrons. The second kappa shape index (κ2) is 6.68. The number of aromatic nitrogens is 1. The molecule has 1 heterocycles.